The third-order valence-corrected chi connectivity index (χ3v) is 4.27. The molecule has 2 amide bonds. The molecule has 2 aromatic carbocycles. The van der Waals surface area contributed by atoms with Crippen molar-refractivity contribution in [3.8, 4) is 5.69 Å². The molecule has 29 heavy (non-hydrogen) atoms. The van der Waals surface area contributed by atoms with Crippen molar-refractivity contribution in [2.75, 3.05) is 19.0 Å². The lowest BCUT2D eigenvalue weighted by atomic mass is 10.1. The highest BCUT2D eigenvalue weighted by Gasteiger charge is 2.09. The van der Waals surface area contributed by atoms with Gasteiger partial charge in [-0.3, -0.25) is 14.4 Å². The molecule has 0 radical (unpaired) electrons. The summed E-state index contributed by atoms with van der Waals surface area (Å²) in [5.41, 5.74) is 2.91. The number of benzene rings is 2. The molecule has 1 heterocycles. The van der Waals surface area contributed by atoms with Crippen LogP contribution in [0.2, 0.25) is 0 Å². The van der Waals surface area contributed by atoms with E-state index in [0.29, 0.717) is 11.3 Å². The molecule has 7 nitrogen and oxygen atoms in total. The summed E-state index contributed by atoms with van der Waals surface area (Å²) in [4.78, 5) is 35.3. The lowest BCUT2D eigenvalue weighted by Gasteiger charge is -2.08. The molecule has 0 saturated heterocycles. The molecule has 3 aromatic rings. The van der Waals surface area contributed by atoms with Crippen molar-refractivity contribution in [3.05, 3.63) is 84.2 Å². The summed E-state index contributed by atoms with van der Waals surface area (Å²) in [5, 5.41) is 5.31. The van der Waals surface area contributed by atoms with Gasteiger partial charge in [0, 0.05) is 29.3 Å². The van der Waals surface area contributed by atoms with Gasteiger partial charge in [0.1, 0.15) is 6.54 Å². The summed E-state index contributed by atoms with van der Waals surface area (Å²) < 4.78 is 6.43. The molecular formula is C22H21N3O4. The number of hydrogen-bond donors (Lipinski definition) is 2. The minimum Gasteiger partial charge on any atom is -0.468 e. The second kappa shape index (κ2) is 9.36. The number of nitrogens with one attached hydrogen (secondary N) is 2. The number of carbonyl (C=O) groups excluding carboxylic acids is 3. The Morgan fingerprint density at radius 1 is 0.931 bits per heavy atom. The molecule has 0 aliphatic heterocycles. The van der Waals surface area contributed by atoms with E-state index < -0.39 is 5.97 Å². The average molecular weight is 391 g/mol. The Morgan fingerprint density at radius 3 is 2.21 bits per heavy atom. The maximum absolute atomic E-state index is 12.4. The molecule has 3 rings (SSSR count). The first-order chi connectivity index (χ1) is 14.0. The monoisotopic (exact) mass is 391 g/mol. The number of methoxy groups -OCH3 is 1. The van der Waals surface area contributed by atoms with Crippen molar-refractivity contribution in [3.63, 3.8) is 0 Å². The first-order valence-electron chi connectivity index (χ1n) is 9.02. The van der Waals surface area contributed by atoms with Gasteiger partial charge in [0.15, 0.2) is 0 Å². The molecule has 0 aliphatic carbocycles. The van der Waals surface area contributed by atoms with Gasteiger partial charge in [0.2, 0.25) is 5.91 Å². The second-order valence-electron chi connectivity index (χ2n) is 6.32. The Balaban J connectivity index is 1.54. The van der Waals surface area contributed by atoms with Crippen molar-refractivity contribution in [1.82, 2.24) is 9.88 Å². The van der Waals surface area contributed by atoms with E-state index in [1.165, 1.54) is 7.11 Å². The molecule has 0 bridgehead atoms. The van der Waals surface area contributed by atoms with E-state index in [1.54, 1.807) is 36.4 Å². The fourth-order valence-corrected chi connectivity index (χ4v) is 2.69. The average Bonchev–Trinajstić information content (AvgIpc) is 3.28. The Labute approximate surface area is 168 Å². The quantitative estimate of drug-likeness (QED) is 0.606. The first-order valence-corrected chi connectivity index (χ1v) is 9.02. The number of carbonyl (C=O) groups is 3. The van der Waals surface area contributed by atoms with Crippen molar-refractivity contribution < 1.29 is 19.1 Å². The van der Waals surface area contributed by atoms with E-state index in [-0.39, 0.29) is 24.8 Å². The summed E-state index contributed by atoms with van der Waals surface area (Å²) in [6, 6.07) is 18.1. The zero-order chi connectivity index (χ0) is 20.6. The highest BCUT2D eigenvalue weighted by molar-refractivity contribution is 6.04. The third kappa shape index (κ3) is 5.55. The summed E-state index contributed by atoms with van der Waals surface area (Å²) in [6.07, 6.45) is 4.00. The van der Waals surface area contributed by atoms with Crippen LogP contribution in [0.4, 0.5) is 5.69 Å². The van der Waals surface area contributed by atoms with E-state index in [9.17, 15) is 14.4 Å². The van der Waals surface area contributed by atoms with Crippen LogP contribution in [-0.4, -0.2) is 36.0 Å². The topological polar surface area (TPSA) is 89.4 Å². The molecule has 148 valence electrons. The number of anilines is 1. The van der Waals surface area contributed by atoms with Gasteiger partial charge in [-0.05, 0) is 54.1 Å². The maximum Gasteiger partial charge on any atom is 0.325 e. The molecule has 0 fully saturated rings. The fraction of sp³-hybridized carbons (Fsp3) is 0.136. The van der Waals surface area contributed by atoms with Crippen LogP contribution in [0, 0.1) is 0 Å². The van der Waals surface area contributed by atoms with Crippen molar-refractivity contribution >= 4 is 23.5 Å². The van der Waals surface area contributed by atoms with Gasteiger partial charge in [0.25, 0.3) is 5.91 Å². The van der Waals surface area contributed by atoms with Crippen LogP contribution in [0.25, 0.3) is 5.69 Å². The Hall–Kier alpha value is -3.87. The van der Waals surface area contributed by atoms with Gasteiger partial charge in [-0.2, -0.15) is 0 Å². The first kappa shape index (κ1) is 19.9. The molecule has 0 atom stereocenters. The number of rotatable bonds is 7. The standard InChI is InChI=1S/C22H21N3O4/c1-29-21(27)15-23-20(26)14-16-4-8-18(9-5-16)24-22(28)17-6-10-19(11-7-17)25-12-2-3-13-25/h2-13H,14-15H2,1H3,(H,23,26)(H,24,28). The highest BCUT2D eigenvalue weighted by Crippen LogP contribution is 2.14. The highest BCUT2D eigenvalue weighted by atomic mass is 16.5. The van der Waals surface area contributed by atoms with E-state index in [4.69, 9.17) is 0 Å². The van der Waals surface area contributed by atoms with E-state index in [1.807, 2.05) is 41.2 Å². The normalized spacial score (nSPS) is 10.2. The number of esters is 1. The van der Waals surface area contributed by atoms with Gasteiger partial charge in [-0.15, -0.1) is 0 Å². The third-order valence-electron chi connectivity index (χ3n) is 4.27. The molecule has 0 aliphatic rings. The van der Waals surface area contributed by atoms with Crippen molar-refractivity contribution in [1.29, 1.82) is 0 Å². The van der Waals surface area contributed by atoms with Crippen LogP contribution in [0.1, 0.15) is 15.9 Å². The van der Waals surface area contributed by atoms with E-state index in [2.05, 4.69) is 15.4 Å². The van der Waals surface area contributed by atoms with Gasteiger partial charge in [-0.25, -0.2) is 0 Å². The smallest absolute Gasteiger partial charge is 0.325 e. The van der Waals surface area contributed by atoms with Gasteiger partial charge in [0.05, 0.1) is 13.5 Å². The Morgan fingerprint density at radius 2 is 1.59 bits per heavy atom. The van der Waals surface area contributed by atoms with E-state index in [0.717, 1.165) is 11.3 Å². The molecule has 0 saturated carbocycles. The Bertz CT molecular complexity index is 978. The summed E-state index contributed by atoms with van der Waals surface area (Å²) in [5.74, 6) is -1.000. The predicted molar refractivity (Wildman–Crippen MR) is 109 cm³/mol. The van der Waals surface area contributed by atoms with Gasteiger partial charge >= 0.3 is 5.97 Å². The van der Waals surface area contributed by atoms with Crippen LogP contribution < -0.4 is 10.6 Å². The summed E-state index contributed by atoms with van der Waals surface area (Å²) >= 11 is 0. The van der Waals surface area contributed by atoms with Gasteiger partial charge < -0.3 is 19.9 Å². The Kier molecular flexibility index (Phi) is 6.42. The van der Waals surface area contributed by atoms with Crippen LogP contribution in [0.3, 0.4) is 0 Å². The second-order valence-corrected chi connectivity index (χ2v) is 6.32. The molecule has 2 N–H and O–H groups in total. The zero-order valence-electron chi connectivity index (χ0n) is 15.9. The van der Waals surface area contributed by atoms with Crippen LogP contribution >= 0.6 is 0 Å². The molecule has 0 spiro atoms. The number of aromatic nitrogens is 1. The fourth-order valence-electron chi connectivity index (χ4n) is 2.69. The molecule has 1 aromatic heterocycles. The number of hydrogen-bond acceptors (Lipinski definition) is 4. The number of ether oxygens (including phenoxy) is 1. The molecule has 7 heteroatoms. The van der Waals surface area contributed by atoms with Crippen LogP contribution in [-0.2, 0) is 20.7 Å². The maximum atomic E-state index is 12.4. The van der Waals surface area contributed by atoms with Crippen molar-refractivity contribution in [2.45, 2.75) is 6.42 Å². The number of nitrogens with zero attached hydrogens (tertiary/aromatic N) is 1. The van der Waals surface area contributed by atoms with Crippen LogP contribution in [0.5, 0.6) is 0 Å². The minimum absolute atomic E-state index is 0.131. The van der Waals surface area contributed by atoms with Gasteiger partial charge in [-0.1, -0.05) is 12.1 Å². The van der Waals surface area contributed by atoms with E-state index >= 15 is 0 Å². The SMILES string of the molecule is COC(=O)CNC(=O)Cc1ccc(NC(=O)c2ccc(-n3cccc3)cc2)cc1. The molecular weight excluding hydrogens is 370 g/mol. The minimum atomic E-state index is -0.502. The number of amides is 2. The summed E-state index contributed by atoms with van der Waals surface area (Å²) in [7, 11) is 1.26. The predicted octanol–water partition coefficient (Wildman–Crippen LogP) is 2.56. The lowest BCUT2D eigenvalue weighted by molar-refractivity contribution is -0.141. The van der Waals surface area contributed by atoms with Crippen molar-refractivity contribution in [2.24, 2.45) is 0 Å². The lowest BCUT2D eigenvalue weighted by Crippen LogP contribution is -2.31. The summed E-state index contributed by atoms with van der Waals surface area (Å²) in [6.45, 7) is -0.160. The zero-order valence-corrected chi connectivity index (χ0v) is 15.9. The van der Waals surface area contributed by atoms with Crippen LogP contribution in [0.15, 0.2) is 73.1 Å². The molecule has 0 unspecified atom stereocenters. The largest absolute Gasteiger partial charge is 0.468 e.